The van der Waals surface area contributed by atoms with Crippen LogP contribution in [0.15, 0.2) is 45.0 Å². The number of hydrogen-bond donors (Lipinski definition) is 10. The summed E-state index contributed by atoms with van der Waals surface area (Å²) in [6, 6.07) is -0.177. The van der Waals surface area contributed by atoms with Crippen LogP contribution in [0.2, 0.25) is 0 Å². The van der Waals surface area contributed by atoms with E-state index in [2.05, 4.69) is 30.6 Å². The van der Waals surface area contributed by atoms with Gasteiger partial charge in [-0.15, -0.1) is 22.7 Å². The van der Waals surface area contributed by atoms with Crippen LogP contribution >= 0.6 is 46.2 Å². The Morgan fingerprint density at radius 2 is 1.00 bits per heavy atom. The van der Waals surface area contributed by atoms with Crippen LogP contribution in [0.25, 0.3) is 0 Å². The van der Waals surface area contributed by atoms with Crippen LogP contribution in [0, 0.1) is 0 Å². The van der Waals surface area contributed by atoms with Crippen molar-refractivity contribution in [1.82, 2.24) is 20.6 Å². The van der Waals surface area contributed by atoms with Gasteiger partial charge in [0.2, 0.25) is 10.3 Å². The van der Waals surface area contributed by atoms with Gasteiger partial charge < -0.3 is 54.0 Å². The molecule has 2 amide bonds. The molecule has 0 atom stereocenters. The first-order chi connectivity index (χ1) is 21.7. The van der Waals surface area contributed by atoms with Crippen molar-refractivity contribution in [3.63, 3.8) is 0 Å². The normalized spacial score (nSPS) is 10.1. The average molecular weight is 721 g/mol. The average Bonchev–Trinajstić information content (AvgIpc) is 3.59. The summed E-state index contributed by atoms with van der Waals surface area (Å²) in [7, 11) is 0. The van der Waals surface area contributed by atoms with E-state index >= 15 is 0 Å². The minimum absolute atomic E-state index is 0.00252. The van der Waals surface area contributed by atoms with Crippen LogP contribution in [-0.4, -0.2) is 96.8 Å². The van der Waals surface area contributed by atoms with Crippen LogP contribution in [0.5, 0.6) is 0 Å². The molecule has 0 aliphatic heterocycles. The number of nitrogens with one attached hydrogen (secondary N) is 2. The van der Waals surface area contributed by atoms with Gasteiger partial charge >= 0.3 is 29.9 Å². The molecule has 0 radical (unpaired) electrons. The van der Waals surface area contributed by atoms with Crippen molar-refractivity contribution in [1.29, 1.82) is 0 Å². The fourth-order valence-corrected chi connectivity index (χ4v) is 5.34. The van der Waals surface area contributed by atoms with Crippen molar-refractivity contribution in [3.05, 3.63) is 46.5 Å². The Balaban J connectivity index is 0.00000104. The smallest absolute Gasteiger partial charge is 0.328 e. The lowest BCUT2D eigenvalue weighted by Gasteiger charge is -2.07. The van der Waals surface area contributed by atoms with E-state index in [9.17, 15) is 24.0 Å². The Bertz CT molecular complexity index is 1270. The van der Waals surface area contributed by atoms with Crippen molar-refractivity contribution < 1.29 is 44.4 Å². The molecule has 14 N–H and O–H groups in total. The highest BCUT2D eigenvalue weighted by Gasteiger charge is 2.04. The molecule has 0 saturated heterocycles. The fraction of sp³-hybridized carbons (Fsp3) is 0.261. The molecule has 0 saturated carbocycles. The van der Waals surface area contributed by atoms with Crippen LogP contribution in [0.3, 0.4) is 0 Å². The number of carbonyl (C=O) groups is 5. The van der Waals surface area contributed by atoms with E-state index < -0.39 is 23.9 Å². The van der Waals surface area contributed by atoms with E-state index in [1.165, 1.54) is 22.7 Å². The monoisotopic (exact) mass is 720 g/mol. The molecule has 23 heteroatoms. The number of carboxylic acid groups (broad SMARTS) is 4. The van der Waals surface area contributed by atoms with Crippen LogP contribution < -0.4 is 33.6 Å². The topological polar surface area (TPSA) is 345 Å². The van der Waals surface area contributed by atoms with Gasteiger partial charge in [-0.1, -0.05) is 0 Å². The summed E-state index contributed by atoms with van der Waals surface area (Å²) in [4.78, 5) is 66.4. The lowest BCUT2D eigenvalue weighted by molar-refractivity contribution is -0.134. The predicted molar refractivity (Wildman–Crippen MR) is 178 cm³/mol. The number of carboxylic acids is 4. The summed E-state index contributed by atoms with van der Waals surface area (Å²) in [6.45, 7) is 1.14. The summed E-state index contributed by atoms with van der Waals surface area (Å²) in [5, 5.41) is 41.8. The zero-order valence-corrected chi connectivity index (χ0v) is 27.0. The summed E-state index contributed by atoms with van der Waals surface area (Å²) < 4.78 is 0. The molecule has 0 bridgehead atoms. The Hall–Kier alpha value is -4.87. The Morgan fingerprint density at radius 1 is 0.674 bits per heavy atom. The molecule has 0 spiro atoms. The predicted octanol–water partition coefficient (Wildman–Crippen LogP) is 0.299. The van der Waals surface area contributed by atoms with Gasteiger partial charge in [0, 0.05) is 71.2 Å². The van der Waals surface area contributed by atoms with Gasteiger partial charge in [-0.3, -0.25) is 0 Å². The third-order valence-corrected chi connectivity index (χ3v) is 7.38. The van der Waals surface area contributed by atoms with Gasteiger partial charge in [0.25, 0.3) is 0 Å². The number of thioether (sulfide) groups is 2. The second kappa shape index (κ2) is 24.5. The molecule has 0 unspecified atom stereocenters. The third kappa shape index (κ3) is 25.6. The molecule has 19 nitrogen and oxygen atoms in total. The lowest BCUT2D eigenvalue weighted by atomic mass is 10.5. The minimum Gasteiger partial charge on any atom is -0.478 e. The lowest BCUT2D eigenvalue weighted by Crippen LogP contribution is -2.37. The zero-order chi connectivity index (χ0) is 34.9. The molecule has 252 valence electrons. The van der Waals surface area contributed by atoms with Crippen molar-refractivity contribution in [2.24, 2.45) is 32.9 Å². The fourth-order valence-electron chi connectivity index (χ4n) is 2.22. The zero-order valence-electron chi connectivity index (χ0n) is 23.8. The molecule has 0 fully saturated rings. The summed E-state index contributed by atoms with van der Waals surface area (Å²) in [5.41, 5.74) is 23.1. The van der Waals surface area contributed by atoms with E-state index in [1.807, 2.05) is 10.8 Å². The van der Waals surface area contributed by atoms with Crippen molar-refractivity contribution in [2.45, 2.75) is 11.5 Å². The van der Waals surface area contributed by atoms with Gasteiger partial charge in [-0.2, -0.15) is 33.5 Å². The van der Waals surface area contributed by atoms with Crippen LogP contribution in [-0.2, 0) is 30.7 Å². The number of amides is 2. The van der Waals surface area contributed by atoms with Gasteiger partial charge in [0.05, 0.1) is 11.4 Å². The Kier molecular flexibility index (Phi) is 21.9. The second-order valence-corrected chi connectivity index (χ2v) is 11.5. The summed E-state index contributed by atoms with van der Waals surface area (Å²) in [5.74, 6) is -2.01. The van der Waals surface area contributed by atoms with E-state index in [0.29, 0.717) is 47.7 Å². The van der Waals surface area contributed by atoms with Gasteiger partial charge in [-0.05, 0) is 0 Å². The first-order valence-electron chi connectivity index (χ1n) is 12.2. The summed E-state index contributed by atoms with van der Waals surface area (Å²) >= 11 is 6.12. The number of aliphatic carboxylic acids is 4. The molecule has 2 aromatic heterocycles. The molecule has 2 rings (SSSR count). The maximum atomic E-state index is 11.8. The minimum atomic E-state index is -1.26. The molecule has 2 heterocycles. The number of urea groups is 1. The highest BCUT2D eigenvalue weighted by molar-refractivity contribution is 7.98. The number of nitrogens with zero attached hydrogens (tertiary/aromatic N) is 4. The number of nitrogens with two attached hydrogens (primary N) is 4. The number of hydrogen-bond acceptors (Lipinski definition) is 13. The van der Waals surface area contributed by atoms with Crippen LogP contribution in [0.4, 0.5) is 15.1 Å². The highest BCUT2D eigenvalue weighted by atomic mass is 32.2. The first kappa shape index (κ1) is 41.1. The second-order valence-electron chi connectivity index (χ2n) is 7.62. The molecule has 46 heavy (non-hydrogen) atoms. The van der Waals surface area contributed by atoms with Crippen LogP contribution in [0.1, 0.15) is 11.4 Å². The number of guanidine groups is 2. The quantitative estimate of drug-likeness (QED) is 0.0482. The van der Waals surface area contributed by atoms with Gasteiger partial charge in [0.1, 0.15) is 0 Å². The molecular formula is C23H32N10O9S4. The Morgan fingerprint density at radius 3 is 1.28 bits per heavy atom. The molecule has 0 aliphatic rings. The van der Waals surface area contributed by atoms with Crippen molar-refractivity contribution in [2.75, 3.05) is 24.6 Å². The maximum absolute atomic E-state index is 11.8. The van der Waals surface area contributed by atoms with E-state index in [4.69, 9.17) is 43.4 Å². The van der Waals surface area contributed by atoms with E-state index in [1.54, 1.807) is 23.5 Å². The summed E-state index contributed by atoms with van der Waals surface area (Å²) in [6.07, 6.45) is 2.23. The van der Waals surface area contributed by atoms with Gasteiger partial charge in [-0.25, -0.2) is 33.9 Å². The standard InChI is InChI=1S/C15H24N10OS4.2C4H4O4/c16-11(17)24-14-22-9(7-29-14)5-27-3-1-20-13(26)21-2-4-28-6-10-8-30-15(23-10)25-12(18)19;2*5-3(6)1-2-4(7)8/h7-8H,1-6H2,(H2,20,21,26)(H4,16,17,22,24)(H4,18,19,23,25);2*1-2H,(H,5,6)(H,7,8)/b;2*2-1-. The van der Waals surface area contributed by atoms with Crippen molar-refractivity contribution >= 4 is 98.3 Å². The first-order valence-corrected chi connectivity index (χ1v) is 16.3. The molecule has 2 aromatic rings. The number of aliphatic imine (C=N–C) groups is 2. The molecule has 0 aliphatic carbocycles. The highest BCUT2D eigenvalue weighted by Crippen LogP contribution is 2.22. The van der Waals surface area contributed by atoms with Crippen molar-refractivity contribution in [3.8, 4) is 0 Å². The van der Waals surface area contributed by atoms with E-state index in [0.717, 1.165) is 34.4 Å². The number of thiazole rings is 2. The third-order valence-electron chi connectivity index (χ3n) is 3.83. The Labute approximate surface area is 278 Å². The molecule has 0 aromatic carbocycles. The number of carbonyl (C=O) groups excluding carboxylic acids is 1. The van der Waals surface area contributed by atoms with E-state index in [-0.39, 0.29) is 18.0 Å². The van der Waals surface area contributed by atoms with Gasteiger partial charge in [0.15, 0.2) is 11.9 Å². The number of rotatable bonds is 16. The SMILES string of the molecule is NC(N)=Nc1nc(CSCCNC(=O)NCCSCc2csc(N=C(N)N)n2)cs1.O=C(O)/C=C\C(=O)O.O=C(O)/C=C\C(=O)O. The largest absolute Gasteiger partial charge is 0.478 e. The maximum Gasteiger partial charge on any atom is 0.328 e. The molecular weight excluding hydrogens is 689 g/mol. The number of aromatic nitrogens is 2.